The van der Waals surface area contributed by atoms with E-state index in [2.05, 4.69) is 11.2 Å². The van der Waals surface area contributed by atoms with Crippen LogP contribution in [0.1, 0.15) is 17.2 Å². The Morgan fingerprint density at radius 3 is 3.12 bits per heavy atom. The summed E-state index contributed by atoms with van der Waals surface area (Å²) in [4.78, 5) is 0. The van der Waals surface area contributed by atoms with Crippen LogP contribution in [0.5, 0.6) is 0 Å². The van der Waals surface area contributed by atoms with Crippen molar-refractivity contribution in [3.05, 3.63) is 41.8 Å². The summed E-state index contributed by atoms with van der Waals surface area (Å²) < 4.78 is 10.5. The van der Waals surface area contributed by atoms with E-state index in [1.165, 1.54) is 11.1 Å². The summed E-state index contributed by atoms with van der Waals surface area (Å²) in [6.07, 6.45) is 3.38. The van der Waals surface area contributed by atoms with Crippen molar-refractivity contribution in [2.75, 3.05) is 6.54 Å². The molecule has 0 aliphatic carbocycles. The predicted octanol–water partition coefficient (Wildman–Crippen LogP) is 1.87. The SMILES string of the molecule is NC[C@@H]1OCc2c(-c3cnoc3)cccc21. The predicted molar refractivity (Wildman–Crippen MR) is 58.5 cm³/mol. The van der Waals surface area contributed by atoms with E-state index < -0.39 is 0 Å². The van der Waals surface area contributed by atoms with E-state index in [1.54, 1.807) is 12.5 Å². The Morgan fingerprint density at radius 2 is 2.38 bits per heavy atom. The topological polar surface area (TPSA) is 61.3 Å². The Morgan fingerprint density at radius 1 is 1.44 bits per heavy atom. The average molecular weight is 216 g/mol. The van der Waals surface area contributed by atoms with Crippen molar-refractivity contribution in [3.63, 3.8) is 0 Å². The fraction of sp³-hybridized carbons (Fsp3) is 0.250. The zero-order valence-electron chi connectivity index (χ0n) is 8.72. The highest BCUT2D eigenvalue weighted by Gasteiger charge is 2.24. The second-order valence-electron chi connectivity index (χ2n) is 3.82. The first-order valence-electron chi connectivity index (χ1n) is 5.23. The van der Waals surface area contributed by atoms with Crippen molar-refractivity contribution in [1.82, 2.24) is 5.16 Å². The minimum Gasteiger partial charge on any atom is -0.367 e. The monoisotopic (exact) mass is 216 g/mol. The number of nitrogens with two attached hydrogens (primary N) is 1. The molecular formula is C12H12N2O2. The molecule has 2 heterocycles. The van der Waals surface area contributed by atoms with Crippen LogP contribution in [0.25, 0.3) is 11.1 Å². The lowest BCUT2D eigenvalue weighted by atomic mass is 9.97. The van der Waals surface area contributed by atoms with Crippen LogP contribution < -0.4 is 5.73 Å². The smallest absolute Gasteiger partial charge is 0.131 e. The van der Waals surface area contributed by atoms with Gasteiger partial charge in [-0.15, -0.1) is 0 Å². The van der Waals surface area contributed by atoms with Gasteiger partial charge in [-0.05, 0) is 16.7 Å². The summed E-state index contributed by atoms with van der Waals surface area (Å²) in [6.45, 7) is 1.12. The van der Waals surface area contributed by atoms with Gasteiger partial charge < -0.3 is 15.0 Å². The Hall–Kier alpha value is -1.65. The highest BCUT2D eigenvalue weighted by Crippen LogP contribution is 2.36. The maximum atomic E-state index is 5.66. The van der Waals surface area contributed by atoms with Gasteiger partial charge in [0.15, 0.2) is 0 Å². The number of rotatable bonds is 2. The number of hydrogen-bond donors (Lipinski definition) is 1. The number of ether oxygens (including phenoxy) is 1. The molecule has 4 heteroatoms. The third-order valence-corrected chi connectivity index (χ3v) is 2.95. The molecule has 0 saturated heterocycles. The zero-order valence-corrected chi connectivity index (χ0v) is 8.72. The van der Waals surface area contributed by atoms with Crippen molar-refractivity contribution in [3.8, 4) is 11.1 Å². The number of fused-ring (bicyclic) bond motifs is 1. The molecule has 4 nitrogen and oxygen atoms in total. The van der Waals surface area contributed by atoms with E-state index in [9.17, 15) is 0 Å². The molecule has 0 saturated carbocycles. The van der Waals surface area contributed by atoms with Gasteiger partial charge in [0, 0.05) is 12.1 Å². The molecule has 2 aromatic rings. The molecule has 1 atom stereocenters. The molecule has 1 aliphatic rings. The van der Waals surface area contributed by atoms with Crippen LogP contribution in [0.4, 0.5) is 0 Å². The Bertz CT molecular complexity index is 494. The highest BCUT2D eigenvalue weighted by molar-refractivity contribution is 5.67. The molecule has 0 bridgehead atoms. The van der Waals surface area contributed by atoms with Crippen molar-refractivity contribution < 1.29 is 9.26 Å². The summed E-state index contributed by atoms with van der Waals surface area (Å²) in [6, 6.07) is 6.13. The van der Waals surface area contributed by atoms with Gasteiger partial charge in [0.25, 0.3) is 0 Å². The molecule has 3 rings (SSSR count). The van der Waals surface area contributed by atoms with Crippen LogP contribution in [0.2, 0.25) is 0 Å². The standard InChI is InChI=1S/C12H12N2O2/c13-4-12-10-3-1-2-9(11(10)7-15-12)8-5-14-16-6-8/h1-3,5-6,12H,4,7,13H2/t12-/m0/s1. The molecule has 0 radical (unpaired) electrons. The molecule has 0 spiro atoms. The molecule has 0 fully saturated rings. The summed E-state index contributed by atoms with van der Waals surface area (Å²) in [7, 11) is 0. The molecule has 16 heavy (non-hydrogen) atoms. The van der Waals surface area contributed by atoms with Gasteiger partial charge in [0.1, 0.15) is 6.26 Å². The normalized spacial score (nSPS) is 18.7. The van der Waals surface area contributed by atoms with E-state index in [4.69, 9.17) is 15.0 Å². The summed E-state index contributed by atoms with van der Waals surface area (Å²) in [5, 5.41) is 3.72. The Balaban J connectivity index is 2.12. The lowest BCUT2D eigenvalue weighted by Gasteiger charge is -2.07. The quantitative estimate of drug-likeness (QED) is 0.832. The lowest BCUT2D eigenvalue weighted by Crippen LogP contribution is -2.10. The first-order valence-corrected chi connectivity index (χ1v) is 5.23. The van der Waals surface area contributed by atoms with Crippen LogP contribution in [-0.4, -0.2) is 11.7 Å². The minimum absolute atomic E-state index is 0.0230. The first-order chi connectivity index (χ1) is 7.90. The van der Waals surface area contributed by atoms with Gasteiger partial charge in [-0.3, -0.25) is 0 Å². The maximum Gasteiger partial charge on any atom is 0.131 e. The summed E-state index contributed by atoms with van der Waals surface area (Å²) in [5.41, 5.74) is 10.1. The Kier molecular flexibility index (Phi) is 2.23. The largest absolute Gasteiger partial charge is 0.367 e. The van der Waals surface area contributed by atoms with E-state index in [-0.39, 0.29) is 6.10 Å². The molecule has 1 aliphatic heterocycles. The van der Waals surface area contributed by atoms with Crippen molar-refractivity contribution in [1.29, 1.82) is 0 Å². The molecule has 0 unspecified atom stereocenters. The molecule has 0 amide bonds. The fourth-order valence-electron chi connectivity index (χ4n) is 2.14. The number of nitrogens with zero attached hydrogens (tertiary/aromatic N) is 1. The van der Waals surface area contributed by atoms with Gasteiger partial charge in [-0.2, -0.15) is 0 Å². The average Bonchev–Trinajstić information content (AvgIpc) is 2.97. The van der Waals surface area contributed by atoms with Gasteiger partial charge in [-0.25, -0.2) is 0 Å². The second-order valence-corrected chi connectivity index (χ2v) is 3.82. The minimum atomic E-state index is 0.0230. The summed E-state index contributed by atoms with van der Waals surface area (Å²) in [5.74, 6) is 0. The van der Waals surface area contributed by atoms with Gasteiger partial charge in [-0.1, -0.05) is 23.4 Å². The van der Waals surface area contributed by atoms with E-state index >= 15 is 0 Å². The van der Waals surface area contributed by atoms with E-state index in [1.807, 2.05) is 12.1 Å². The zero-order chi connectivity index (χ0) is 11.0. The van der Waals surface area contributed by atoms with Crippen LogP contribution in [0.15, 0.2) is 35.2 Å². The van der Waals surface area contributed by atoms with Crippen molar-refractivity contribution >= 4 is 0 Å². The number of benzene rings is 1. The highest BCUT2D eigenvalue weighted by atomic mass is 16.5. The van der Waals surface area contributed by atoms with Gasteiger partial charge >= 0.3 is 0 Å². The van der Waals surface area contributed by atoms with Gasteiger partial charge in [0.2, 0.25) is 0 Å². The van der Waals surface area contributed by atoms with Crippen LogP contribution in [-0.2, 0) is 11.3 Å². The third-order valence-electron chi connectivity index (χ3n) is 2.95. The van der Waals surface area contributed by atoms with E-state index in [0.717, 1.165) is 11.1 Å². The van der Waals surface area contributed by atoms with Crippen molar-refractivity contribution in [2.24, 2.45) is 5.73 Å². The second kappa shape index (κ2) is 3.73. The lowest BCUT2D eigenvalue weighted by molar-refractivity contribution is 0.0725. The molecule has 2 N–H and O–H groups in total. The molecule has 82 valence electrons. The Labute approximate surface area is 93.0 Å². The van der Waals surface area contributed by atoms with E-state index in [0.29, 0.717) is 13.2 Å². The van der Waals surface area contributed by atoms with Crippen molar-refractivity contribution in [2.45, 2.75) is 12.7 Å². The van der Waals surface area contributed by atoms with Crippen LogP contribution in [0, 0.1) is 0 Å². The third kappa shape index (κ3) is 1.35. The number of hydrogen-bond acceptors (Lipinski definition) is 4. The molecule has 1 aromatic carbocycles. The molecular weight excluding hydrogens is 204 g/mol. The molecule has 1 aromatic heterocycles. The van der Waals surface area contributed by atoms with Crippen LogP contribution >= 0.6 is 0 Å². The number of aromatic nitrogens is 1. The van der Waals surface area contributed by atoms with Crippen LogP contribution in [0.3, 0.4) is 0 Å². The fourth-order valence-corrected chi connectivity index (χ4v) is 2.14. The first kappa shape index (κ1) is 9.57. The van der Waals surface area contributed by atoms with Gasteiger partial charge in [0.05, 0.1) is 18.9 Å². The maximum absolute atomic E-state index is 5.66. The summed E-state index contributed by atoms with van der Waals surface area (Å²) >= 11 is 0.